The first-order valence-electron chi connectivity index (χ1n) is 5.45. The molecule has 0 aromatic carbocycles. The Labute approximate surface area is 104 Å². The molecule has 0 aliphatic carbocycles. The molecule has 0 aromatic rings. The van der Waals surface area contributed by atoms with E-state index in [0.717, 1.165) is 0 Å². The zero-order valence-corrected chi connectivity index (χ0v) is 10.4. The van der Waals surface area contributed by atoms with Crippen LogP contribution >= 0.6 is 7.92 Å². The van der Waals surface area contributed by atoms with Crippen molar-refractivity contribution in [2.75, 3.05) is 6.61 Å². The monoisotopic (exact) mass is 277 g/mol. The van der Waals surface area contributed by atoms with Gasteiger partial charge in [-0.3, -0.25) is 9.79 Å². The third-order valence-corrected chi connectivity index (χ3v) is 5.52. The summed E-state index contributed by atoms with van der Waals surface area (Å²) >= 11 is 0. The fourth-order valence-electron chi connectivity index (χ4n) is 2.08. The Hall–Kier alpha value is -0.630. The molecule has 0 saturated carbocycles. The van der Waals surface area contributed by atoms with Gasteiger partial charge < -0.3 is 31.5 Å². The van der Waals surface area contributed by atoms with Crippen LogP contribution in [0.25, 0.3) is 0 Å². The molecule has 8 nitrogen and oxygen atoms in total. The van der Waals surface area contributed by atoms with Crippen LogP contribution in [0.2, 0.25) is 0 Å². The molecular formula is C9H16N3O5P. The van der Waals surface area contributed by atoms with Gasteiger partial charge in [-0.2, -0.15) is 0 Å². The van der Waals surface area contributed by atoms with E-state index in [1.165, 1.54) is 5.96 Å². The molecule has 9 heteroatoms. The van der Waals surface area contributed by atoms with Crippen molar-refractivity contribution in [2.45, 2.75) is 36.0 Å². The topological polar surface area (TPSA) is 151 Å². The predicted octanol–water partition coefficient (Wildman–Crippen LogP) is -2.91. The molecule has 2 aliphatic heterocycles. The quantitative estimate of drug-likeness (QED) is 0.349. The van der Waals surface area contributed by atoms with Gasteiger partial charge in [0.25, 0.3) is 0 Å². The highest BCUT2D eigenvalue weighted by Crippen LogP contribution is 2.52. The second kappa shape index (κ2) is 5.16. The van der Waals surface area contributed by atoms with E-state index in [1.807, 2.05) is 0 Å². The number of rotatable bonds is 3. The number of aliphatic hydroxyl groups is 3. The number of nitrogens with zero attached hydrogens (tertiary/aromatic N) is 1. The number of aliphatic imine (C=N–C) groups is 1. The minimum Gasteiger partial charge on any atom is -0.394 e. The van der Waals surface area contributed by atoms with Crippen molar-refractivity contribution in [1.82, 2.24) is 0 Å². The summed E-state index contributed by atoms with van der Waals surface area (Å²) in [6.07, 6.45) is -3.17. The number of amides is 1. The second-order valence-electron chi connectivity index (χ2n) is 4.28. The lowest BCUT2D eigenvalue weighted by atomic mass is 10.2. The van der Waals surface area contributed by atoms with Crippen LogP contribution in [0, 0.1) is 0 Å². The van der Waals surface area contributed by atoms with Gasteiger partial charge in [-0.1, -0.05) is 0 Å². The van der Waals surface area contributed by atoms with E-state index < -0.39 is 56.4 Å². The molecule has 3 unspecified atom stereocenters. The lowest BCUT2D eigenvalue weighted by Gasteiger charge is -2.25. The van der Waals surface area contributed by atoms with Crippen molar-refractivity contribution < 1.29 is 24.9 Å². The number of carbonyl (C=O) groups excluding carboxylic acids is 1. The molecule has 0 aromatic heterocycles. The molecule has 7 atom stereocenters. The maximum Gasteiger partial charge on any atom is 0.244 e. The minimum absolute atomic E-state index is 0.399. The summed E-state index contributed by atoms with van der Waals surface area (Å²) in [4.78, 5) is 15.0. The second-order valence-corrected chi connectivity index (χ2v) is 6.51. The fourth-order valence-corrected chi connectivity index (χ4v) is 4.38. The fraction of sp³-hybridized carbons (Fsp3) is 0.778. The van der Waals surface area contributed by atoms with Gasteiger partial charge in [0, 0.05) is 5.96 Å². The van der Waals surface area contributed by atoms with E-state index >= 15 is 0 Å². The van der Waals surface area contributed by atoms with Crippen LogP contribution < -0.4 is 11.5 Å². The summed E-state index contributed by atoms with van der Waals surface area (Å²) in [6.45, 7) is -0.399. The molecule has 1 fully saturated rings. The first kappa shape index (κ1) is 13.8. The predicted molar refractivity (Wildman–Crippen MR) is 64.1 cm³/mol. The number of aliphatic hydroxyl groups excluding tert-OH is 3. The number of hydrogen-bond acceptors (Lipinski definition) is 7. The third-order valence-electron chi connectivity index (χ3n) is 3.13. The van der Waals surface area contributed by atoms with Crippen LogP contribution in [0.3, 0.4) is 0 Å². The molecule has 0 spiro atoms. The van der Waals surface area contributed by atoms with Gasteiger partial charge in [-0.15, -0.1) is 0 Å². The number of hydrogen-bond donors (Lipinski definition) is 5. The van der Waals surface area contributed by atoms with Gasteiger partial charge in [-0.25, -0.2) is 0 Å². The van der Waals surface area contributed by atoms with Crippen molar-refractivity contribution in [3.05, 3.63) is 0 Å². The zero-order chi connectivity index (χ0) is 13.4. The number of ether oxygens (including phenoxy) is 1. The number of carbonyl (C=O) groups is 1. The van der Waals surface area contributed by atoms with E-state index in [1.54, 1.807) is 0 Å². The van der Waals surface area contributed by atoms with Crippen LogP contribution in [0.1, 0.15) is 0 Å². The molecule has 0 radical (unpaired) electrons. The molecule has 1 saturated heterocycles. The van der Waals surface area contributed by atoms with Crippen LogP contribution in [-0.4, -0.2) is 69.8 Å². The summed E-state index contributed by atoms with van der Waals surface area (Å²) < 4.78 is 5.37. The van der Waals surface area contributed by atoms with Crippen LogP contribution in [0.4, 0.5) is 0 Å². The Morgan fingerprint density at radius 3 is 2.56 bits per heavy atom. The summed E-state index contributed by atoms with van der Waals surface area (Å²) in [5, 5.41) is 28.5. The van der Waals surface area contributed by atoms with Crippen LogP contribution in [0.15, 0.2) is 4.99 Å². The average molecular weight is 277 g/mol. The van der Waals surface area contributed by atoms with Gasteiger partial charge in [0.05, 0.1) is 12.4 Å². The normalized spacial score (nSPS) is 47.7. The Morgan fingerprint density at radius 1 is 1.44 bits per heavy atom. The van der Waals surface area contributed by atoms with Crippen LogP contribution in [0.5, 0.6) is 0 Å². The van der Waals surface area contributed by atoms with Gasteiger partial charge >= 0.3 is 0 Å². The van der Waals surface area contributed by atoms with E-state index in [4.69, 9.17) is 21.3 Å². The highest BCUT2D eigenvalue weighted by molar-refractivity contribution is 7.74. The summed E-state index contributed by atoms with van der Waals surface area (Å²) in [6, 6.07) is -0.822. The molecule has 1 amide bonds. The molecule has 2 rings (SSSR count). The van der Waals surface area contributed by atoms with Gasteiger partial charge in [0.15, 0.2) is 0 Å². The summed E-state index contributed by atoms with van der Waals surface area (Å²) in [5.74, 6) is -0.525. The summed E-state index contributed by atoms with van der Waals surface area (Å²) in [7, 11) is -1.24. The van der Waals surface area contributed by atoms with Gasteiger partial charge in [-0.05, 0) is 7.92 Å². The number of nitrogens with two attached hydrogens (primary N) is 2. The van der Waals surface area contributed by atoms with E-state index in [9.17, 15) is 15.0 Å². The Balaban J connectivity index is 2.10. The largest absolute Gasteiger partial charge is 0.394 e. The molecule has 2 aliphatic rings. The first-order valence-corrected chi connectivity index (χ1v) is 7.00. The van der Waals surface area contributed by atoms with Crippen molar-refractivity contribution in [1.29, 1.82) is 0 Å². The van der Waals surface area contributed by atoms with E-state index in [0.29, 0.717) is 0 Å². The van der Waals surface area contributed by atoms with Crippen molar-refractivity contribution in [3.8, 4) is 0 Å². The Bertz CT molecular complexity index is 368. The van der Waals surface area contributed by atoms with Gasteiger partial charge in [0.2, 0.25) is 5.91 Å². The molecule has 2 heterocycles. The highest BCUT2D eigenvalue weighted by Gasteiger charge is 2.50. The standard InChI is InChI=1S/C9H16N3O5P/c10-7(16)4-8(11)18(2-12-4)9-6(15)5(14)3(1-13)17-9/h2-6,8-9,13-15H,1,11H2,(H2,10,16)/t3-,4?,5-,6-,8?,9+,18?/m1/s1. The smallest absolute Gasteiger partial charge is 0.244 e. The Kier molecular flexibility index (Phi) is 3.96. The number of primary amides is 1. The lowest BCUT2D eigenvalue weighted by Crippen LogP contribution is -2.41. The maximum atomic E-state index is 11.1. The molecule has 0 bridgehead atoms. The highest BCUT2D eigenvalue weighted by atomic mass is 31.1. The molecule has 18 heavy (non-hydrogen) atoms. The van der Waals surface area contributed by atoms with Gasteiger partial charge in [0.1, 0.15) is 30.2 Å². The molecule has 102 valence electrons. The maximum absolute atomic E-state index is 11.1. The van der Waals surface area contributed by atoms with Crippen molar-refractivity contribution in [3.63, 3.8) is 0 Å². The zero-order valence-electron chi connectivity index (χ0n) is 9.46. The SMILES string of the molecule is NC(=O)C1N=CP([C@@H]2O[C@H](CO)[C@@H](O)[C@H]2O)C1N. The first-order chi connectivity index (χ1) is 8.47. The Morgan fingerprint density at radius 2 is 2.11 bits per heavy atom. The van der Waals surface area contributed by atoms with E-state index in [-0.39, 0.29) is 0 Å². The van der Waals surface area contributed by atoms with Crippen LogP contribution in [-0.2, 0) is 9.53 Å². The lowest BCUT2D eigenvalue weighted by molar-refractivity contribution is -0.119. The average Bonchev–Trinajstić information content (AvgIpc) is 2.82. The summed E-state index contributed by atoms with van der Waals surface area (Å²) in [5.41, 5.74) is 11.0. The molecular weight excluding hydrogens is 261 g/mol. The van der Waals surface area contributed by atoms with Crippen molar-refractivity contribution in [2.24, 2.45) is 16.5 Å². The third kappa shape index (κ3) is 2.16. The van der Waals surface area contributed by atoms with Crippen molar-refractivity contribution >= 4 is 19.8 Å². The van der Waals surface area contributed by atoms with E-state index in [2.05, 4.69) is 4.99 Å². The molecule has 7 N–H and O–H groups in total. The minimum atomic E-state index is -1.24.